The molecule has 0 bridgehead atoms. The van der Waals surface area contributed by atoms with Crippen LogP contribution in [0.4, 0.5) is 56.9 Å². The van der Waals surface area contributed by atoms with Crippen LogP contribution in [0, 0.1) is 0 Å². The Bertz CT molecular complexity index is 6550. The number of rotatable bonds is 15. The van der Waals surface area contributed by atoms with Gasteiger partial charge in [0.05, 0.1) is 5.69 Å². The lowest BCUT2D eigenvalue weighted by atomic mass is 10.00. The molecular formula is C115H95N5. The van der Waals surface area contributed by atoms with E-state index >= 15 is 0 Å². The van der Waals surface area contributed by atoms with Crippen LogP contribution in [-0.4, -0.2) is 35.2 Å². The van der Waals surface area contributed by atoms with E-state index in [1.807, 2.05) is 30.3 Å². The van der Waals surface area contributed by atoms with Gasteiger partial charge < -0.3 is 24.5 Å². The van der Waals surface area contributed by atoms with E-state index in [0.29, 0.717) is 0 Å². The Labute approximate surface area is 706 Å². The van der Waals surface area contributed by atoms with Crippen LogP contribution in [0.3, 0.4) is 0 Å². The van der Waals surface area contributed by atoms with Gasteiger partial charge in [0, 0.05) is 97.2 Å². The highest BCUT2D eigenvalue weighted by atomic mass is 15.1. The number of hydrogen-bond donors (Lipinski definition) is 0. The summed E-state index contributed by atoms with van der Waals surface area (Å²) < 4.78 is 0. The first-order valence-electron chi connectivity index (χ1n) is 41.0. The van der Waals surface area contributed by atoms with Crippen molar-refractivity contribution in [3.8, 4) is 55.6 Å². The van der Waals surface area contributed by atoms with Crippen molar-refractivity contribution in [3.05, 3.63) is 485 Å². The first-order valence-corrected chi connectivity index (χ1v) is 41.0. The summed E-state index contributed by atoms with van der Waals surface area (Å²) in [5, 5.41) is 12.8. The topological polar surface area (TPSA) is 16.2 Å². The van der Waals surface area contributed by atoms with Crippen molar-refractivity contribution in [1.82, 2.24) is 0 Å². The highest BCUT2D eigenvalue weighted by Gasteiger charge is 2.15. The van der Waals surface area contributed by atoms with Gasteiger partial charge in [-0.3, -0.25) is 0 Å². The molecule has 0 N–H and O–H groups in total. The molecule has 20 rings (SSSR count). The molecule has 0 spiro atoms. The minimum Gasteiger partial charge on any atom is -0.345 e. The van der Waals surface area contributed by atoms with Gasteiger partial charge in [-0.05, 0) is 226 Å². The van der Waals surface area contributed by atoms with Gasteiger partial charge in [0.1, 0.15) is 0 Å². The van der Waals surface area contributed by atoms with Gasteiger partial charge in [0.2, 0.25) is 0 Å². The van der Waals surface area contributed by atoms with Crippen LogP contribution in [-0.2, 0) is 0 Å². The Morgan fingerprint density at radius 3 is 0.708 bits per heavy atom. The Hall–Kier alpha value is -15.3. The predicted molar refractivity (Wildman–Crippen MR) is 519 cm³/mol. The summed E-state index contributed by atoms with van der Waals surface area (Å²) in [6.45, 7) is 0. The highest BCUT2D eigenvalue weighted by Crippen LogP contribution is 2.40. The van der Waals surface area contributed by atoms with Crippen molar-refractivity contribution in [2.45, 2.75) is 0 Å². The van der Waals surface area contributed by atoms with Gasteiger partial charge in [-0.1, -0.05) is 358 Å². The molecular weight excluding hydrogens is 1450 g/mol. The normalized spacial score (nSPS) is 10.7. The summed E-state index contributed by atoms with van der Waals surface area (Å²) in [6.07, 6.45) is 0. The maximum Gasteiger partial charge on any atom is 0.0567 e. The Morgan fingerprint density at radius 2 is 0.325 bits per heavy atom. The monoisotopic (exact) mass is 1550 g/mol. The molecule has 20 aromatic carbocycles. The van der Waals surface area contributed by atoms with Gasteiger partial charge in [-0.15, -0.1) is 0 Å². The molecule has 0 aliphatic rings. The summed E-state index contributed by atoms with van der Waals surface area (Å²) in [6, 6.07) is 171. The molecule has 0 atom stereocenters. The third-order valence-electron chi connectivity index (χ3n) is 22.3. The maximum atomic E-state index is 2.28. The minimum absolute atomic E-state index is 1.18. The van der Waals surface area contributed by atoms with E-state index in [0.717, 1.165) is 0 Å². The van der Waals surface area contributed by atoms with Crippen molar-refractivity contribution < 1.29 is 0 Å². The first-order chi connectivity index (χ1) is 59.1. The summed E-state index contributed by atoms with van der Waals surface area (Å²) in [4.78, 5) is 11.2. The number of hydrogen-bond acceptors (Lipinski definition) is 5. The largest absolute Gasteiger partial charge is 0.345 e. The van der Waals surface area contributed by atoms with Crippen LogP contribution >= 0.6 is 0 Å². The van der Waals surface area contributed by atoms with Gasteiger partial charge in [-0.2, -0.15) is 0 Å². The summed E-state index contributed by atoms with van der Waals surface area (Å²) in [5.74, 6) is 0. The second-order valence-electron chi connectivity index (χ2n) is 30.0. The van der Waals surface area contributed by atoms with Gasteiger partial charge >= 0.3 is 0 Å². The first kappa shape index (κ1) is 78.6. The molecule has 0 fully saturated rings. The van der Waals surface area contributed by atoms with E-state index in [2.05, 4.69) is 515 Å². The lowest BCUT2D eigenvalue weighted by Crippen LogP contribution is -2.10. The van der Waals surface area contributed by atoms with Crippen LogP contribution < -0.4 is 24.5 Å². The fourth-order valence-corrected chi connectivity index (χ4v) is 15.5. The Kier molecular flexibility index (Phi) is 24.9. The van der Waals surface area contributed by atoms with Gasteiger partial charge in [-0.25, -0.2) is 0 Å². The molecule has 0 aliphatic heterocycles. The molecule has 0 aromatic heterocycles. The van der Waals surface area contributed by atoms with Crippen LogP contribution in [0.1, 0.15) is 0 Å². The molecule has 5 heteroatoms. The van der Waals surface area contributed by atoms with Crippen LogP contribution in [0.5, 0.6) is 0 Å². The predicted octanol–water partition coefficient (Wildman–Crippen LogP) is 31.4. The average Bonchev–Trinajstić information content (AvgIpc) is 0.756. The SMILES string of the molecule is CN(c1ccc(-c2ccccc2)cc1)c1ccc(-c2ccccc2)cc1.CN(c1ccc(-c2ccccc2)cc1)c1cccc(-c2ccccc2)c1.CN(c1cccc(-c2ccccc2)c1)c1ccc2ccccc2c1.CN(c1ccccc1)c1c2ccccc2cc2ccccc12.CN(c1ccccc1)c1ccc2cc3ccccc3cc2c1. The number of anilines is 10. The summed E-state index contributed by atoms with van der Waals surface area (Å²) in [5.41, 5.74) is 24.3. The van der Waals surface area contributed by atoms with Crippen molar-refractivity contribution in [2.24, 2.45) is 0 Å². The smallest absolute Gasteiger partial charge is 0.0567 e. The van der Waals surface area contributed by atoms with Crippen molar-refractivity contribution >= 4 is 111 Å². The number of nitrogens with zero attached hydrogens (tertiary/aromatic N) is 5. The molecule has 0 radical (unpaired) electrons. The fraction of sp³-hybridized carbons (Fsp3) is 0.0435. The molecule has 0 aliphatic carbocycles. The van der Waals surface area contributed by atoms with E-state index < -0.39 is 0 Å². The number of benzene rings is 20. The molecule has 0 saturated heterocycles. The Morgan fingerprint density at radius 1 is 0.117 bits per heavy atom. The van der Waals surface area contributed by atoms with E-state index in [4.69, 9.17) is 0 Å². The van der Waals surface area contributed by atoms with Crippen molar-refractivity contribution in [1.29, 1.82) is 0 Å². The average molecular weight is 1550 g/mol. The molecule has 580 valence electrons. The summed E-state index contributed by atoms with van der Waals surface area (Å²) in [7, 11) is 10.6. The van der Waals surface area contributed by atoms with Gasteiger partial charge in [0.25, 0.3) is 0 Å². The molecule has 20 aromatic rings. The molecule has 120 heavy (non-hydrogen) atoms. The molecule has 0 heterocycles. The molecule has 0 saturated carbocycles. The Balaban J connectivity index is 0.000000112. The molecule has 5 nitrogen and oxygen atoms in total. The second-order valence-corrected chi connectivity index (χ2v) is 30.0. The van der Waals surface area contributed by atoms with Crippen LogP contribution in [0.2, 0.25) is 0 Å². The van der Waals surface area contributed by atoms with Crippen LogP contribution in [0.15, 0.2) is 485 Å². The summed E-state index contributed by atoms with van der Waals surface area (Å²) >= 11 is 0. The lowest BCUT2D eigenvalue weighted by molar-refractivity contribution is 1.21. The maximum absolute atomic E-state index is 2.28. The lowest BCUT2D eigenvalue weighted by Gasteiger charge is -2.23. The van der Waals surface area contributed by atoms with Crippen LogP contribution in [0.25, 0.3) is 109 Å². The zero-order valence-corrected chi connectivity index (χ0v) is 68.4. The minimum atomic E-state index is 1.18. The zero-order chi connectivity index (χ0) is 81.8. The highest BCUT2D eigenvalue weighted by molar-refractivity contribution is 6.12. The third-order valence-corrected chi connectivity index (χ3v) is 22.3. The van der Waals surface area contributed by atoms with E-state index in [9.17, 15) is 0 Å². The molecule has 0 amide bonds. The zero-order valence-electron chi connectivity index (χ0n) is 68.4. The quantitative estimate of drug-likeness (QED) is 0.0948. The van der Waals surface area contributed by atoms with Crippen molar-refractivity contribution in [2.75, 3.05) is 59.7 Å². The molecule has 0 unspecified atom stereocenters. The second kappa shape index (κ2) is 38.0. The van der Waals surface area contributed by atoms with E-state index in [1.165, 1.54) is 166 Å². The number of para-hydroxylation sites is 2. The standard InChI is InChI=1S/2C25H21N.C23H19N.2C21H17N/c1-26(24-17-15-22(16-18-24)20-9-4-2-5-10-20)25-14-8-13-23(19-25)21-11-6-3-7-12-21;1-26(24-16-12-22(13-17-24)20-8-4-2-5-9-20)25-18-14-23(15-19-25)21-10-6-3-7-11-21;1-24(23-15-14-19-10-5-6-11-20(19)17-23)22-13-7-12-21(16-22)18-8-3-2-4-9-18;1-22(18-11-3-2-4-12-18)21-19-13-7-5-9-16(19)15-17-10-6-8-14-20(17)21;1-22(20-9-3-2-4-10-20)21-12-11-18-13-16-7-5-6-8-17(16)14-19(18)15-21/h2*2-19H,1H3;2-17H,1H3;2*2-15H,1H3. The van der Waals surface area contributed by atoms with E-state index in [1.54, 1.807) is 0 Å². The number of fused-ring (bicyclic) bond motifs is 5. The third kappa shape index (κ3) is 19.0. The van der Waals surface area contributed by atoms with Gasteiger partial charge in [0.15, 0.2) is 0 Å². The fourth-order valence-electron chi connectivity index (χ4n) is 15.5. The van der Waals surface area contributed by atoms with E-state index in [-0.39, 0.29) is 0 Å². The van der Waals surface area contributed by atoms with Crippen molar-refractivity contribution in [3.63, 3.8) is 0 Å².